The first-order valence-electron chi connectivity index (χ1n) is 23.2. The van der Waals surface area contributed by atoms with Gasteiger partial charge in [0.2, 0.25) is 0 Å². The fourth-order valence-corrected chi connectivity index (χ4v) is 7.90. The van der Waals surface area contributed by atoms with Crippen LogP contribution in [0.5, 0.6) is 0 Å². The molecule has 4 atom stereocenters. The minimum atomic E-state index is -4.89. The second-order valence-corrected chi connectivity index (χ2v) is 18.9. The number of carboxylic acids is 1. The third kappa shape index (κ3) is 41.5. The van der Waals surface area contributed by atoms with Gasteiger partial charge in [0.25, 0.3) is 0 Å². The van der Waals surface area contributed by atoms with Gasteiger partial charge in [0, 0.05) is 23.8 Å². The van der Waals surface area contributed by atoms with Gasteiger partial charge in [-0.2, -0.15) is 0 Å². The number of hydrogen-bond acceptors (Lipinski definition) is 10. The topological polar surface area (TPSA) is 203 Å². The Morgan fingerprint density at radius 1 is 0.705 bits per heavy atom. The lowest BCUT2D eigenvalue weighted by Gasteiger charge is -2.22. The monoisotopic (exact) mass is 902 g/mol. The van der Waals surface area contributed by atoms with Crippen LogP contribution in [0.15, 0.2) is 48.6 Å². The Bertz CT molecular complexity index is 1270. The molecule has 0 aromatic heterocycles. The van der Waals surface area contributed by atoms with Gasteiger partial charge in [0.05, 0.1) is 12.7 Å². The Hall–Kier alpha value is -2.25. The maximum Gasteiger partial charge on any atom is 0.469 e. The van der Waals surface area contributed by atoms with Crippen molar-refractivity contribution in [3.05, 3.63) is 48.6 Å². The number of ether oxygens (including phenoxy) is 2. The number of carbonyl (C=O) groups excluding carboxylic acids is 2. The molecule has 0 amide bonds. The van der Waals surface area contributed by atoms with Crippen molar-refractivity contribution in [2.24, 2.45) is 11.7 Å². The van der Waals surface area contributed by atoms with Crippen LogP contribution in [-0.4, -0.2) is 80.4 Å². The van der Waals surface area contributed by atoms with Crippen LogP contribution in [0, 0.1) is 5.92 Å². The number of phosphoric acid groups is 1. The van der Waals surface area contributed by atoms with Gasteiger partial charge in [-0.25, -0.2) is 4.57 Å². The summed E-state index contributed by atoms with van der Waals surface area (Å²) in [5, 5.41) is 19.3. The number of aliphatic hydroxyl groups excluding tert-OH is 1. The molecule has 0 aliphatic carbocycles. The summed E-state index contributed by atoms with van der Waals surface area (Å²) in [6.45, 7) is 5.56. The Balaban J connectivity index is 4.71. The zero-order valence-electron chi connectivity index (χ0n) is 37.9. The molecule has 0 rings (SSSR count). The minimum absolute atomic E-state index is 0.0420. The van der Waals surface area contributed by atoms with E-state index < -0.39 is 62.4 Å². The minimum Gasteiger partial charge on any atom is -0.481 e. The van der Waals surface area contributed by atoms with Crippen LogP contribution in [0.25, 0.3) is 0 Å². The number of aliphatic carboxylic acids is 1. The number of hydrogen-bond donors (Lipinski definition) is 5. The van der Waals surface area contributed by atoms with E-state index in [-0.39, 0.29) is 31.4 Å². The molecule has 0 heterocycles. The van der Waals surface area contributed by atoms with E-state index >= 15 is 0 Å². The van der Waals surface area contributed by atoms with Crippen molar-refractivity contribution in [3.8, 4) is 0 Å². The van der Waals surface area contributed by atoms with Crippen molar-refractivity contribution in [3.63, 3.8) is 0 Å². The SMILES string of the molecule is CCCCC/C=C\C\C=C/C=C/C=C/[C@@H](SC[C@H](N)C(=O)OC[C@H](COP(=O)(O)O)OC(=O)CCCCCCCCCCCCCCCCCC(C)C)[C@@H](O)CCCC(=O)O. The van der Waals surface area contributed by atoms with E-state index in [1.54, 1.807) is 12.2 Å². The fraction of sp³-hybridized carbons (Fsp3) is 0.766. The van der Waals surface area contributed by atoms with Crippen molar-refractivity contribution in [1.82, 2.24) is 0 Å². The highest BCUT2D eigenvalue weighted by Crippen LogP contribution is 2.36. The summed E-state index contributed by atoms with van der Waals surface area (Å²) in [7, 11) is -4.89. The quantitative estimate of drug-likeness (QED) is 0.0127. The Labute approximate surface area is 373 Å². The number of nitrogens with two attached hydrogens (primary N) is 1. The maximum atomic E-state index is 12.8. The zero-order valence-corrected chi connectivity index (χ0v) is 39.6. The maximum absolute atomic E-state index is 12.8. The highest BCUT2D eigenvalue weighted by Gasteiger charge is 2.26. The highest BCUT2D eigenvalue weighted by atomic mass is 32.2. The summed E-state index contributed by atoms with van der Waals surface area (Å²) in [4.78, 5) is 54.8. The molecule has 0 aromatic carbocycles. The summed E-state index contributed by atoms with van der Waals surface area (Å²) >= 11 is 1.21. The van der Waals surface area contributed by atoms with Gasteiger partial charge >= 0.3 is 25.7 Å². The van der Waals surface area contributed by atoms with Crippen LogP contribution in [0.1, 0.15) is 181 Å². The van der Waals surface area contributed by atoms with Crippen LogP contribution < -0.4 is 5.73 Å². The van der Waals surface area contributed by atoms with E-state index in [4.69, 9.17) is 20.3 Å². The predicted molar refractivity (Wildman–Crippen MR) is 249 cm³/mol. The first kappa shape index (κ1) is 58.8. The molecule has 0 aromatic rings. The first-order chi connectivity index (χ1) is 29.2. The van der Waals surface area contributed by atoms with E-state index in [0.29, 0.717) is 6.42 Å². The molecule has 0 spiro atoms. The lowest BCUT2D eigenvalue weighted by Crippen LogP contribution is -2.38. The molecular formula is C47H84NO11PS. The number of rotatable bonds is 42. The third-order valence-corrected chi connectivity index (χ3v) is 11.9. The summed E-state index contributed by atoms with van der Waals surface area (Å²) in [5.74, 6) is -1.52. The second-order valence-electron chi connectivity index (χ2n) is 16.4. The van der Waals surface area contributed by atoms with Crippen LogP contribution in [0.4, 0.5) is 0 Å². The largest absolute Gasteiger partial charge is 0.481 e. The van der Waals surface area contributed by atoms with Gasteiger partial charge in [-0.05, 0) is 44.4 Å². The predicted octanol–water partition coefficient (Wildman–Crippen LogP) is 11.1. The number of aliphatic hydroxyl groups is 1. The smallest absolute Gasteiger partial charge is 0.469 e. The van der Waals surface area contributed by atoms with Crippen LogP contribution in [-0.2, 0) is 32.9 Å². The molecule has 0 aliphatic heterocycles. The Morgan fingerprint density at radius 3 is 1.87 bits per heavy atom. The molecule has 0 radical (unpaired) electrons. The molecule has 6 N–H and O–H groups in total. The molecule has 0 aliphatic rings. The number of unbranched alkanes of at least 4 members (excludes halogenated alkanes) is 17. The van der Waals surface area contributed by atoms with E-state index in [0.717, 1.165) is 38.0 Å². The summed E-state index contributed by atoms with van der Waals surface area (Å²) in [5.41, 5.74) is 6.11. The number of allylic oxidation sites excluding steroid dienone is 7. The zero-order chi connectivity index (χ0) is 45.4. The lowest BCUT2D eigenvalue weighted by atomic mass is 10.0. The molecular weight excluding hydrogens is 818 g/mol. The van der Waals surface area contributed by atoms with Gasteiger partial charge in [-0.15, -0.1) is 11.8 Å². The molecule has 61 heavy (non-hydrogen) atoms. The molecule has 0 fully saturated rings. The Kier molecular flexibility index (Phi) is 39.0. The number of carboxylic acid groups (broad SMARTS) is 1. The molecule has 0 saturated carbocycles. The van der Waals surface area contributed by atoms with Crippen LogP contribution in [0.2, 0.25) is 0 Å². The normalized spacial score (nSPS) is 14.4. The van der Waals surface area contributed by atoms with Gasteiger partial charge in [-0.1, -0.05) is 179 Å². The summed E-state index contributed by atoms with van der Waals surface area (Å²) < 4.78 is 26.6. The molecule has 0 bridgehead atoms. The molecule has 0 unspecified atom stereocenters. The van der Waals surface area contributed by atoms with Gasteiger partial charge < -0.3 is 35.2 Å². The average molecular weight is 902 g/mol. The molecule has 0 saturated heterocycles. The third-order valence-electron chi connectivity index (χ3n) is 10.0. The van der Waals surface area contributed by atoms with Crippen LogP contribution in [0.3, 0.4) is 0 Å². The van der Waals surface area contributed by atoms with Crippen LogP contribution >= 0.6 is 19.6 Å². The van der Waals surface area contributed by atoms with Crippen molar-refractivity contribution >= 4 is 37.5 Å². The van der Waals surface area contributed by atoms with E-state index in [1.165, 1.54) is 108 Å². The van der Waals surface area contributed by atoms with Crippen molar-refractivity contribution in [2.45, 2.75) is 205 Å². The number of carbonyl (C=O) groups is 3. The van der Waals surface area contributed by atoms with Gasteiger partial charge in [-0.3, -0.25) is 18.9 Å². The standard InChI is InChI=1S/C47H84NO11PS/c1-4-5-6-7-8-9-10-17-20-23-26-29-34-44(43(49)33-31-35-45(50)51)61-39-42(48)47(53)57-37-41(38-58-60(54,55)56)59-46(52)36-30-27-24-21-18-15-13-11-12-14-16-19-22-25-28-32-40(2)3/h8-9,17,20,23,26,29,34,40-44,49H,4-7,10-16,18-19,21-22,24-25,27-28,30-33,35-39,48H2,1-3H3,(H,50,51)(H2,54,55,56)/b9-8-,20-17-,26-23+,34-29+/t41-,42+,43+,44-/m1/s1. The van der Waals surface area contributed by atoms with Crippen molar-refractivity contribution in [1.29, 1.82) is 0 Å². The lowest BCUT2D eigenvalue weighted by molar-refractivity contribution is -0.161. The van der Waals surface area contributed by atoms with E-state index in [2.05, 4.69) is 37.4 Å². The van der Waals surface area contributed by atoms with Gasteiger partial charge in [0.1, 0.15) is 12.6 Å². The number of phosphoric ester groups is 1. The van der Waals surface area contributed by atoms with Gasteiger partial charge in [0.15, 0.2) is 6.10 Å². The second kappa shape index (κ2) is 40.5. The molecule has 14 heteroatoms. The first-order valence-corrected chi connectivity index (χ1v) is 25.8. The fourth-order valence-electron chi connectivity index (χ4n) is 6.41. The van der Waals surface area contributed by atoms with E-state index in [9.17, 15) is 33.8 Å². The average Bonchev–Trinajstić information content (AvgIpc) is 3.20. The number of esters is 2. The van der Waals surface area contributed by atoms with E-state index in [1.807, 2.05) is 24.3 Å². The van der Waals surface area contributed by atoms with Crippen molar-refractivity contribution < 1.29 is 52.9 Å². The molecule has 354 valence electrons. The number of thioether (sulfide) groups is 1. The molecule has 12 nitrogen and oxygen atoms in total. The summed E-state index contributed by atoms with van der Waals surface area (Å²) in [6, 6.07) is -1.14. The summed E-state index contributed by atoms with van der Waals surface area (Å²) in [6.07, 6.45) is 38.7. The Morgan fingerprint density at radius 2 is 1.30 bits per heavy atom. The highest BCUT2D eigenvalue weighted by molar-refractivity contribution is 8.00. The van der Waals surface area contributed by atoms with Crippen molar-refractivity contribution in [2.75, 3.05) is 19.0 Å².